The van der Waals surface area contributed by atoms with Gasteiger partial charge in [-0.15, -0.1) is 0 Å². The molecule has 8 heteroatoms. The SMILES string of the molecule is CC1CCCC(C)N1S(=O)(=O)c1ccc([N+](=O)[O-])c(N)c1. The first-order valence-corrected chi connectivity index (χ1v) is 8.26. The van der Waals surface area contributed by atoms with Gasteiger partial charge < -0.3 is 5.73 Å². The molecule has 1 heterocycles. The quantitative estimate of drug-likeness (QED) is 0.522. The Kier molecular flexibility index (Phi) is 4.20. The van der Waals surface area contributed by atoms with Crippen LogP contribution in [0.4, 0.5) is 11.4 Å². The summed E-state index contributed by atoms with van der Waals surface area (Å²) in [4.78, 5) is 10.1. The monoisotopic (exact) mass is 313 g/mol. The number of piperidine rings is 1. The second kappa shape index (κ2) is 5.61. The summed E-state index contributed by atoms with van der Waals surface area (Å²) in [6.07, 6.45) is 2.62. The largest absolute Gasteiger partial charge is 0.393 e. The minimum absolute atomic E-state index is 0.00574. The minimum atomic E-state index is -3.69. The van der Waals surface area contributed by atoms with Gasteiger partial charge in [-0.3, -0.25) is 10.1 Å². The smallest absolute Gasteiger partial charge is 0.292 e. The molecule has 1 aliphatic heterocycles. The molecule has 2 atom stereocenters. The molecular formula is C13H19N3O4S. The fourth-order valence-corrected chi connectivity index (χ4v) is 4.77. The van der Waals surface area contributed by atoms with E-state index >= 15 is 0 Å². The highest BCUT2D eigenvalue weighted by atomic mass is 32.2. The predicted molar refractivity (Wildman–Crippen MR) is 79.3 cm³/mol. The van der Waals surface area contributed by atoms with Crippen molar-refractivity contribution in [2.45, 2.75) is 50.1 Å². The van der Waals surface area contributed by atoms with Gasteiger partial charge in [0.25, 0.3) is 5.69 Å². The number of anilines is 1. The molecule has 7 nitrogen and oxygen atoms in total. The van der Waals surface area contributed by atoms with Crippen molar-refractivity contribution < 1.29 is 13.3 Å². The zero-order chi connectivity index (χ0) is 15.8. The van der Waals surface area contributed by atoms with Gasteiger partial charge in [-0.25, -0.2) is 8.42 Å². The van der Waals surface area contributed by atoms with Crippen molar-refractivity contribution in [3.63, 3.8) is 0 Å². The summed E-state index contributed by atoms with van der Waals surface area (Å²) in [6.45, 7) is 3.75. The van der Waals surface area contributed by atoms with Crippen LogP contribution in [0.5, 0.6) is 0 Å². The number of nitrogen functional groups attached to an aromatic ring is 1. The van der Waals surface area contributed by atoms with Crippen LogP contribution in [0, 0.1) is 10.1 Å². The van der Waals surface area contributed by atoms with Crippen LogP contribution < -0.4 is 5.73 Å². The fraction of sp³-hybridized carbons (Fsp3) is 0.538. The van der Waals surface area contributed by atoms with E-state index in [1.165, 1.54) is 16.4 Å². The second-order valence-corrected chi connectivity index (χ2v) is 7.28. The first-order chi connectivity index (χ1) is 9.75. The van der Waals surface area contributed by atoms with E-state index in [1.54, 1.807) is 0 Å². The summed E-state index contributed by atoms with van der Waals surface area (Å²) in [7, 11) is -3.69. The third-order valence-corrected chi connectivity index (χ3v) is 6.01. The average molecular weight is 313 g/mol. The van der Waals surface area contributed by atoms with Crippen molar-refractivity contribution in [1.29, 1.82) is 0 Å². The fourth-order valence-electron chi connectivity index (χ4n) is 2.85. The molecule has 0 radical (unpaired) electrons. The third kappa shape index (κ3) is 2.86. The van der Waals surface area contributed by atoms with Crippen LogP contribution in [0.25, 0.3) is 0 Å². The summed E-state index contributed by atoms with van der Waals surface area (Å²) < 4.78 is 27.0. The lowest BCUT2D eigenvalue weighted by Gasteiger charge is -2.37. The van der Waals surface area contributed by atoms with Crippen LogP contribution in [0.2, 0.25) is 0 Å². The molecule has 2 rings (SSSR count). The van der Waals surface area contributed by atoms with Crippen molar-refractivity contribution in [3.8, 4) is 0 Å². The van der Waals surface area contributed by atoms with Crippen molar-refractivity contribution in [2.75, 3.05) is 5.73 Å². The molecule has 0 aliphatic carbocycles. The predicted octanol–water partition coefficient (Wildman–Crippen LogP) is 2.13. The normalized spacial score (nSPS) is 23.9. The number of rotatable bonds is 3. The first kappa shape index (κ1) is 15.7. The van der Waals surface area contributed by atoms with E-state index in [1.807, 2.05) is 13.8 Å². The van der Waals surface area contributed by atoms with Gasteiger partial charge in [0.15, 0.2) is 0 Å². The van der Waals surface area contributed by atoms with Crippen molar-refractivity contribution in [1.82, 2.24) is 4.31 Å². The van der Waals surface area contributed by atoms with E-state index in [0.717, 1.165) is 25.3 Å². The van der Waals surface area contributed by atoms with Crippen LogP contribution in [-0.4, -0.2) is 29.7 Å². The molecule has 2 N–H and O–H groups in total. The third-order valence-electron chi connectivity index (χ3n) is 3.88. The number of hydrogen-bond acceptors (Lipinski definition) is 5. The van der Waals surface area contributed by atoms with Gasteiger partial charge in [-0.05, 0) is 38.8 Å². The van der Waals surface area contributed by atoms with E-state index in [4.69, 9.17) is 5.73 Å². The second-order valence-electron chi connectivity index (χ2n) is 5.44. The Morgan fingerprint density at radius 2 is 1.86 bits per heavy atom. The lowest BCUT2D eigenvalue weighted by molar-refractivity contribution is -0.383. The van der Waals surface area contributed by atoms with E-state index in [-0.39, 0.29) is 28.4 Å². The average Bonchev–Trinajstić information content (AvgIpc) is 2.37. The summed E-state index contributed by atoms with van der Waals surface area (Å²) in [5, 5.41) is 10.8. The topological polar surface area (TPSA) is 107 Å². The van der Waals surface area contributed by atoms with Gasteiger partial charge in [0.2, 0.25) is 10.0 Å². The molecule has 1 aromatic carbocycles. The zero-order valence-corrected chi connectivity index (χ0v) is 12.8. The highest BCUT2D eigenvalue weighted by molar-refractivity contribution is 7.89. The van der Waals surface area contributed by atoms with Crippen LogP contribution in [0.3, 0.4) is 0 Å². The summed E-state index contributed by atoms with van der Waals surface area (Å²) in [5.74, 6) is 0. The zero-order valence-electron chi connectivity index (χ0n) is 12.0. The summed E-state index contributed by atoms with van der Waals surface area (Å²) in [5.41, 5.74) is 5.17. The highest BCUT2D eigenvalue weighted by Crippen LogP contribution is 2.32. The maximum absolute atomic E-state index is 12.7. The molecule has 1 saturated heterocycles. The first-order valence-electron chi connectivity index (χ1n) is 6.82. The Balaban J connectivity index is 2.44. The van der Waals surface area contributed by atoms with Crippen molar-refractivity contribution >= 4 is 21.4 Å². The molecule has 1 aromatic rings. The molecule has 0 aromatic heterocycles. The number of sulfonamides is 1. The Morgan fingerprint density at radius 1 is 1.29 bits per heavy atom. The van der Waals surface area contributed by atoms with Gasteiger partial charge >= 0.3 is 0 Å². The van der Waals surface area contributed by atoms with E-state index in [2.05, 4.69) is 0 Å². The lowest BCUT2D eigenvalue weighted by atomic mass is 10.0. The molecular weight excluding hydrogens is 294 g/mol. The maximum atomic E-state index is 12.7. The Labute approximate surface area is 123 Å². The van der Waals surface area contributed by atoms with Gasteiger partial charge in [0, 0.05) is 18.2 Å². The van der Waals surface area contributed by atoms with Gasteiger partial charge in [0.1, 0.15) is 5.69 Å². The number of nitro groups is 1. The van der Waals surface area contributed by atoms with Gasteiger partial charge in [-0.1, -0.05) is 6.42 Å². The molecule has 21 heavy (non-hydrogen) atoms. The molecule has 1 aliphatic rings. The van der Waals surface area contributed by atoms with E-state index in [0.29, 0.717) is 0 Å². The van der Waals surface area contributed by atoms with Crippen LogP contribution in [0.15, 0.2) is 23.1 Å². The van der Waals surface area contributed by atoms with E-state index < -0.39 is 14.9 Å². The van der Waals surface area contributed by atoms with Gasteiger partial charge in [0.05, 0.1) is 9.82 Å². The number of nitro benzene ring substituents is 1. The van der Waals surface area contributed by atoms with Crippen molar-refractivity contribution in [2.24, 2.45) is 0 Å². The lowest BCUT2D eigenvalue weighted by Crippen LogP contribution is -2.47. The molecule has 0 spiro atoms. The summed E-state index contributed by atoms with van der Waals surface area (Å²) in [6, 6.07) is 3.38. The van der Waals surface area contributed by atoms with Crippen molar-refractivity contribution in [3.05, 3.63) is 28.3 Å². The Morgan fingerprint density at radius 3 is 2.33 bits per heavy atom. The molecule has 2 unspecified atom stereocenters. The number of benzene rings is 1. The summed E-state index contributed by atoms with van der Waals surface area (Å²) >= 11 is 0. The van der Waals surface area contributed by atoms with E-state index in [9.17, 15) is 18.5 Å². The molecule has 0 amide bonds. The maximum Gasteiger partial charge on any atom is 0.292 e. The molecule has 0 saturated carbocycles. The molecule has 116 valence electrons. The van der Waals surface area contributed by atoms with Crippen LogP contribution in [-0.2, 0) is 10.0 Å². The highest BCUT2D eigenvalue weighted by Gasteiger charge is 2.36. The number of nitrogens with two attached hydrogens (primary N) is 1. The molecule has 0 bridgehead atoms. The Bertz CT molecular complexity index is 649. The number of hydrogen-bond donors (Lipinski definition) is 1. The standard InChI is InChI=1S/C13H19N3O4S/c1-9-4-3-5-10(2)15(9)21(19,20)11-6-7-13(16(17)18)12(14)8-11/h6-10H,3-5,14H2,1-2H3. The van der Waals surface area contributed by atoms with Crippen LogP contribution >= 0.6 is 0 Å². The Hall–Kier alpha value is -1.67. The van der Waals surface area contributed by atoms with Gasteiger partial charge in [-0.2, -0.15) is 4.31 Å². The minimum Gasteiger partial charge on any atom is -0.393 e. The number of nitrogens with zero attached hydrogens (tertiary/aromatic N) is 2. The van der Waals surface area contributed by atoms with Crippen LogP contribution in [0.1, 0.15) is 33.1 Å². The molecule has 1 fully saturated rings.